The summed E-state index contributed by atoms with van der Waals surface area (Å²) >= 11 is 1.67. The van der Waals surface area contributed by atoms with Gasteiger partial charge in [0.1, 0.15) is 0 Å². The number of nitrogens with zero attached hydrogens (tertiary/aromatic N) is 1. The van der Waals surface area contributed by atoms with Crippen molar-refractivity contribution in [2.24, 2.45) is 0 Å². The summed E-state index contributed by atoms with van der Waals surface area (Å²) in [6, 6.07) is 6.43. The van der Waals surface area contributed by atoms with Crippen LogP contribution >= 0.6 is 11.3 Å². The maximum absolute atomic E-state index is 5.73. The van der Waals surface area contributed by atoms with Gasteiger partial charge in [-0.1, -0.05) is 6.07 Å². The molecule has 106 valence electrons. The minimum Gasteiger partial charge on any atom is -0.490 e. The number of fused-ring (bicyclic) bond motifs is 1. The van der Waals surface area contributed by atoms with Crippen molar-refractivity contribution in [3.05, 3.63) is 40.3 Å². The summed E-state index contributed by atoms with van der Waals surface area (Å²) in [6.45, 7) is 4.44. The molecule has 1 unspecified atom stereocenters. The van der Waals surface area contributed by atoms with E-state index >= 15 is 0 Å². The fourth-order valence-corrected chi connectivity index (χ4v) is 2.70. The summed E-state index contributed by atoms with van der Waals surface area (Å²) in [5, 5.41) is 3.50. The van der Waals surface area contributed by atoms with Crippen LogP contribution in [0.2, 0.25) is 0 Å². The Morgan fingerprint density at radius 2 is 2.15 bits per heavy atom. The molecular formula is C15H18N2O2S. The third kappa shape index (κ3) is 3.11. The number of benzene rings is 1. The zero-order valence-corrected chi connectivity index (χ0v) is 12.3. The van der Waals surface area contributed by atoms with E-state index in [1.807, 2.05) is 17.8 Å². The normalized spacial score (nSPS) is 15.7. The number of thiazole rings is 1. The molecule has 3 rings (SSSR count). The standard InChI is InChI=1S/C15H18N2O2S/c1-11(17-9-13-8-16-10-20-13)12-3-4-14-15(7-12)19-6-2-5-18-14/h3-4,7-8,10-11,17H,2,5-6,9H2,1H3. The van der Waals surface area contributed by atoms with Gasteiger partial charge in [0.05, 0.1) is 18.7 Å². The Balaban J connectivity index is 1.68. The zero-order chi connectivity index (χ0) is 13.8. The smallest absolute Gasteiger partial charge is 0.161 e. The van der Waals surface area contributed by atoms with E-state index in [-0.39, 0.29) is 6.04 Å². The van der Waals surface area contributed by atoms with Gasteiger partial charge in [-0.2, -0.15) is 0 Å². The van der Waals surface area contributed by atoms with Gasteiger partial charge in [0.15, 0.2) is 11.5 Å². The van der Waals surface area contributed by atoms with Crippen LogP contribution in [-0.2, 0) is 6.54 Å². The molecule has 0 saturated heterocycles. The van der Waals surface area contributed by atoms with Crippen molar-refractivity contribution in [1.29, 1.82) is 0 Å². The SMILES string of the molecule is CC(NCc1cncs1)c1ccc2c(c1)OCCCO2. The molecule has 1 aromatic heterocycles. The first-order valence-electron chi connectivity index (χ1n) is 6.83. The van der Waals surface area contributed by atoms with Crippen molar-refractivity contribution in [2.75, 3.05) is 13.2 Å². The molecule has 20 heavy (non-hydrogen) atoms. The van der Waals surface area contributed by atoms with Crippen LogP contribution in [0.3, 0.4) is 0 Å². The molecule has 0 spiro atoms. The molecule has 4 nitrogen and oxygen atoms in total. The highest BCUT2D eigenvalue weighted by atomic mass is 32.1. The number of rotatable bonds is 4. The van der Waals surface area contributed by atoms with E-state index in [2.05, 4.69) is 29.4 Å². The van der Waals surface area contributed by atoms with Gasteiger partial charge in [0.25, 0.3) is 0 Å². The quantitative estimate of drug-likeness (QED) is 0.939. The topological polar surface area (TPSA) is 43.4 Å². The molecule has 0 fully saturated rings. The van der Waals surface area contributed by atoms with Crippen molar-refractivity contribution >= 4 is 11.3 Å². The van der Waals surface area contributed by atoms with E-state index in [1.165, 1.54) is 10.4 Å². The first-order chi connectivity index (χ1) is 9.83. The van der Waals surface area contributed by atoms with E-state index in [0.29, 0.717) is 0 Å². The maximum atomic E-state index is 5.73. The Bertz CT molecular complexity index is 557. The molecule has 5 heteroatoms. The molecule has 2 aromatic rings. The third-order valence-corrected chi connectivity index (χ3v) is 4.12. The van der Waals surface area contributed by atoms with Crippen LogP contribution in [0.25, 0.3) is 0 Å². The predicted octanol–water partition coefficient (Wildman–Crippen LogP) is 3.16. The molecule has 1 aliphatic heterocycles. The Kier molecular flexibility index (Phi) is 4.18. The Morgan fingerprint density at radius 1 is 1.30 bits per heavy atom. The fourth-order valence-electron chi connectivity index (χ4n) is 2.15. The molecule has 1 atom stereocenters. The second-order valence-corrected chi connectivity index (χ2v) is 5.80. The van der Waals surface area contributed by atoms with Crippen molar-refractivity contribution in [3.63, 3.8) is 0 Å². The van der Waals surface area contributed by atoms with Gasteiger partial charge < -0.3 is 14.8 Å². The monoisotopic (exact) mass is 290 g/mol. The van der Waals surface area contributed by atoms with Crippen LogP contribution in [0.1, 0.15) is 29.8 Å². The highest BCUT2D eigenvalue weighted by Crippen LogP contribution is 2.32. The van der Waals surface area contributed by atoms with Crippen LogP contribution in [-0.4, -0.2) is 18.2 Å². The Morgan fingerprint density at radius 3 is 2.95 bits per heavy atom. The minimum atomic E-state index is 0.259. The highest BCUT2D eigenvalue weighted by molar-refractivity contribution is 7.09. The van der Waals surface area contributed by atoms with E-state index in [0.717, 1.165) is 37.7 Å². The van der Waals surface area contributed by atoms with E-state index in [9.17, 15) is 0 Å². The number of hydrogen-bond acceptors (Lipinski definition) is 5. The highest BCUT2D eigenvalue weighted by Gasteiger charge is 2.13. The van der Waals surface area contributed by atoms with Crippen molar-refractivity contribution < 1.29 is 9.47 Å². The van der Waals surface area contributed by atoms with Gasteiger partial charge >= 0.3 is 0 Å². The van der Waals surface area contributed by atoms with Crippen LogP contribution < -0.4 is 14.8 Å². The van der Waals surface area contributed by atoms with Crippen LogP contribution in [0.5, 0.6) is 11.5 Å². The molecule has 0 radical (unpaired) electrons. The largest absolute Gasteiger partial charge is 0.490 e. The van der Waals surface area contributed by atoms with Crippen LogP contribution in [0, 0.1) is 0 Å². The molecule has 0 bridgehead atoms. The molecule has 0 aliphatic carbocycles. The lowest BCUT2D eigenvalue weighted by Crippen LogP contribution is -2.17. The van der Waals surface area contributed by atoms with Gasteiger partial charge in [-0.15, -0.1) is 11.3 Å². The molecular weight excluding hydrogens is 272 g/mol. The van der Waals surface area contributed by atoms with E-state index in [1.54, 1.807) is 11.3 Å². The molecule has 0 saturated carbocycles. The second-order valence-electron chi connectivity index (χ2n) is 4.83. The van der Waals surface area contributed by atoms with Gasteiger partial charge in [0.2, 0.25) is 0 Å². The second kappa shape index (κ2) is 6.24. The first-order valence-corrected chi connectivity index (χ1v) is 7.71. The molecule has 2 heterocycles. The first kappa shape index (κ1) is 13.4. The summed E-state index contributed by atoms with van der Waals surface area (Å²) in [5.41, 5.74) is 3.06. The average molecular weight is 290 g/mol. The summed E-state index contributed by atoms with van der Waals surface area (Å²) in [5.74, 6) is 1.70. The van der Waals surface area contributed by atoms with Crippen molar-refractivity contribution in [3.8, 4) is 11.5 Å². The van der Waals surface area contributed by atoms with Crippen LogP contribution in [0.15, 0.2) is 29.9 Å². The third-order valence-electron chi connectivity index (χ3n) is 3.34. The van der Waals surface area contributed by atoms with Gasteiger partial charge in [-0.3, -0.25) is 4.98 Å². The van der Waals surface area contributed by atoms with E-state index in [4.69, 9.17) is 9.47 Å². The number of aromatic nitrogens is 1. The van der Waals surface area contributed by atoms with Gasteiger partial charge in [0, 0.05) is 30.1 Å². The summed E-state index contributed by atoms with van der Waals surface area (Å²) in [4.78, 5) is 5.32. The minimum absolute atomic E-state index is 0.259. The summed E-state index contributed by atoms with van der Waals surface area (Å²) in [6.07, 6.45) is 2.83. The summed E-state index contributed by atoms with van der Waals surface area (Å²) < 4.78 is 11.4. The molecule has 1 N–H and O–H groups in total. The van der Waals surface area contributed by atoms with Crippen molar-refractivity contribution in [1.82, 2.24) is 10.3 Å². The number of hydrogen-bond donors (Lipinski definition) is 1. The molecule has 0 amide bonds. The Hall–Kier alpha value is -1.59. The lowest BCUT2D eigenvalue weighted by atomic mass is 10.1. The fraction of sp³-hybridized carbons (Fsp3) is 0.400. The maximum Gasteiger partial charge on any atom is 0.161 e. The average Bonchev–Trinajstić information content (AvgIpc) is 2.88. The molecule has 1 aromatic carbocycles. The zero-order valence-electron chi connectivity index (χ0n) is 11.5. The lowest BCUT2D eigenvalue weighted by molar-refractivity contribution is 0.297. The van der Waals surface area contributed by atoms with Crippen LogP contribution in [0.4, 0.5) is 0 Å². The number of nitrogens with one attached hydrogen (secondary N) is 1. The predicted molar refractivity (Wildman–Crippen MR) is 79.4 cm³/mol. The Labute approximate surface area is 122 Å². The van der Waals surface area contributed by atoms with Crippen molar-refractivity contribution in [2.45, 2.75) is 25.9 Å². The lowest BCUT2D eigenvalue weighted by Gasteiger charge is -2.16. The number of ether oxygens (including phenoxy) is 2. The van der Waals surface area contributed by atoms with E-state index < -0.39 is 0 Å². The van der Waals surface area contributed by atoms with Gasteiger partial charge in [-0.05, 0) is 24.6 Å². The molecule has 1 aliphatic rings. The summed E-state index contributed by atoms with van der Waals surface area (Å²) in [7, 11) is 0. The van der Waals surface area contributed by atoms with Gasteiger partial charge in [-0.25, -0.2) is 0 Å².